The van der Waals surface area contributed by atoms with Gasteiger partial charge in [0.1, 0.15) is 5.75 Å². The van der Waals surface area contributed by atoms with E-state index in [9.17, 15) is 9.59 Å². The Morgan fingerprint density at radius 1 is 1.26 bits per heavy atom. The lowest BCUT2D eigenvalue weighted by Crippen LogP contribution is -2.28. The minimum absolute atomic E-state index is 0.163. The van der Waals surface area contributed by atoms with E-state index in [4.69, 9.17) is 4.74 Å². The molecular weight excluding hydrogens is 292 g/mol. The molecule has 122 valence electrons. The van der Waals surface area contributed by atoms with Crippen LogP contribution in [0.25, 0.3) is 0 Å². The lowest BCUT2D eigenvalue weighted by atomic mass is 10.0. The van der Waals surface area contributed by atoms with Crippen molar-refractivity contribution >= 4 is 5.91 Å². The molecule has 0 unspecified atom stereocenters. The zero-order chi connectivity index (χ0) is 17.0. The van der Waals surface area contributed by atoms with Gasteiger partial charge in [-0.25, -0.2) is 0 Å². The van der Waals surface area contributed by atoms with E-state index < -0.39 is 0 Å². The average Bonchev–Trinajstić information content (AvgIpc) is 2.52. The molecule has 0 fully saturated rings. The number of nitrogens with one attached hydrogen (secondary N) is 2. The number of hydrogen-bond acceptors (Lipinski definition) is 3. The Bertz CT molecular complexity index is 778. The van der Waals surface area contributed by atoms with Crippen molar-refractivity contribution in [3.8, 4) is 5.75 Å². The fraction of sp³-hybridized carbons (Fsp3) is 0.333. The second kappa shape index (κ2) is 7.13. The number of benzene rings is 1. The number of pyridine rings is 1. The van der Waals surface area contributed by atoms with Crippen LogP contribution >= 0.6 is 0 Å². The first kappa shape index (κ1) is 16.8. The molecular formula is C18H22N2O3. The van der Waals surface area contributed by atoms with Gasteiger partial charge in [0, 0.05) is 28.9 Å². The number of aromatic amines is 1. The van der Waals surface area contributed by atoms with Crippen molar-refractivity contribution in [2.24, 2.45) is 0 Å². The summed E-state index contributed by atoms with van der Waals surface area (Å²) in [5.41, 5.74) is 3.53. The number of methoxy groups -OCH3 is 1. The zero-order valence-corrected chi connectivity index (χ0v) is 13.9. The van der Waals surface area contributed by atoms with Crippen molar-refractivity contribution in [1.82, 2.24) is 10.3 Å². The third kappa shape index (κ3) is 3.62. The summed E-state index contributed by atoms with van der Waals surface area (Å²) in [6.45, 7) is 5.87. The summed E-state index contributed by atoms with van der Waals surface area (Å²) in [6.07, 6.45) is 0.691. The number of rotatable bonds is 5. The Labute approximate surface area is 135 Å². The van der Waals surface area contributed by atoms with Crippen molar-refractivity contribution in [3.63, 3.8) is 0 Å². The number of H-pyrrole nitrogens is 1. The van der Waals surface area contributed by atoms with Crippen LogP contribution in [0.4, 0.5) is 0 Å². The molecule has 2 aromatic rings. The van der Waals surface area contributed by atoms with E-state index in [1.807, 2.05) is 32.9 Å². The van der Waals surface area contributed by atoms with E-state index in [1.165, 1.54) is 0 Å². The van der Waals surface area contributed by atoms with Crippen LogP contribution in [-0.4, -0.2) is 18.0 Å². The summed E-state index contributed by atoms with van der Waals surface area (Å²) in [6, 6.07) is 7.29. The fourth-order valence-corrected chi connectivity index (χ4v) is 2.70. The summed E-state index contributed by atoms with van der Waals surface area (Å²) in [5, 5.41) is 2.83. The molecule has 0 radical (unpaired) electrons. The van der Waals surface area contributed by atoms with Gasteiger partial charge in [-0.1, -0.05) is 13.0 Å². The maximum atomic E-state index is 12.5. The van der Waals surface area contributed by atoms with Crippen LogP contribution in [0.15, 0.2) is 29.1 Å². The second-order valence-electron chi connectivity index (χ2n) is 5.47. The number of amides is 1. The van der Waals surface area contributed by atoms with Gasteiger partial charge in [-0.2, -0.15) is 0 Å². The van der Waals surface area contributed by atoms with E-state index in [-0.39, 0.29) is 18.0 Å². The lowest BCUT2D eigenvalue weighted by molar-refractivity contribution is 0.0949. The number of carbonyl (C=O) groups excluding carboxylic acids is 1. The second-order valence-corrected chi connectivity index (χ2v) is 5.47. The highest BCUT2D eigenvalue weighted by atomic mass is 16.5. The molecule has 0 saturated carbocycles. The van der Waals surface area contributed by atoms with Crippen LogP contribution in [0.1, 0.15) is 39.7 Å². The van der Waals surface area contributed by atoms with Gasteiger partial charge in [0.15, 0.2) is 0 Å². The molecule has 0 spiro atoms. The summed E-state index contributed by atoms with van der Waals surface area (Å²) in [5.74, 6) is 0.490. The van der Waals surface area contributed by atoms with Gasteiger partial charge in [0.05, 0.1) is 7.11 Å². The van der Waals surface area contributed by atoms with Gasteiger partial charge in [0.2, 0.25) is 0 Å². The van der Waals surface area contributed by atoms with Crippen LogP contribution in [-0.2, 0) is 13.0 Å². The minimum atomic E-state index is -0.208. The SMILES string of the molecule is CCc1c(OC)cccc1C(=O)NCc1c(C)cc(C)[nH]c1=O. The molecule has 0 aliphatic heterocycles. The highest BCUT2D eigenvalue weighted by Gasteiger charge is 2.15. The molecule has 1 heterocycles. The van der Waals surface area contributed by atoms with Gasteiger partial charge in [-0.15, -0.1) is 0 Å². The average molecular weight is 314 g/mol. The van der Waals surface area contributed by atoms with Crippen molar-refractivity contribution in [1.29, 1.82) is 0 Å². The third-order valence-electron chi connectivity index (χ3n) is 3.87. The lowest BCUT2D eigenvalue weighted by Gasteiger charge is -2.13. The van der Waals surface area contributed by atoms with Crippen LogP contribution < -0.4 is 15.6 Å². The number of aryl methyl sites for hydroxylation is 2. The summed E-state index contributed by atoms with van der Waals surface area (Å²) in [4.78, 5) is 27.2. The van der Waals surface area contributed by atoms with E-state index >= 15 is 0 Å². The molecule has 1 amide bonds. The smallest absolute Gasteiger partial charge is 0.253 e. The third-order valence-corrected chi connectivity index (χ3v) is 3.87. The molecule has 0 saturated heterocycles. The highest BCUT2D eigenvalue weighted by molar-refractivity contribution is 5.96. The summed E-state index contributed by atoms with van der Waals surface area (Å²) >= 11 is 0. The summed E-state index contributed by atoms with van der Waals surface area (Å²) < 4.78 is 5.31. The predicted octanol–water partition coefficient (Wildman–Crippen LogP) is 2.49. The van der Waals surface area contributed by atoms with Crippen molar-refractivity contribution in [2.75, 3.05) is 7.11 Å². The fourth-order valence-electron chi connectivity index (χ4n) is 2.70. The molecule has 2 rings (SSSR count). The molecule has 1 aromatic carbocycles. The predicted molar refractivity (Wildman–Crippen MR) is 90.1 cm³/mol. The van der Waals surface area contributed by atoms with Crippen LogP contribution in [0.2, 0.25) is 0 Å². The van der Waals surface area contributed by atoms with E-state index in [2.05, 4.69) is 10.3 Å². The Morgan fingerprint density at radius 3 is 2.61 bits per heavy atom. The number of carbonyl (C=O) groups is 1. The molecule has 1 aromatic heterocycles. The first-order valence-electron chi connectivity index (χ1n) is 7.61. The Hall–Kier alpha value is -2.56. The molecule has 0 bridgehead atoms. The van der Waals surface area contributed by atoms with Crippen LogP contribution in [0.3, 0.4) is 0 Å². The van der Waals surface area contributed by atoms with Gasteiger partial charge >= 0.3 is 0 Å². The quantitative estimate of drug-likeness (QED) is 0.890. The number of ether oxygens (including phenoxy) is 1. The highest BCUT2D eigenvalue weighted by Crippen LogP contribution is 2.22. The van der Waals surface area contributed by atoms with Gasteiger partial charge < -0.3 is 15.0 Å². The first-order chi connectivity index (χ1) is 11.0. The summed E-state index contributed by atoms with van der Waals surface area (Å²) in [7, 11) is 1.59. The van der Waals surface area contributed by atoms with E-state index in [1.54, 1.807) is 19.2 Å². The molecule has 0 atom stereocenters. The Kier molecular flexibility index (Phi) is 5.21. The largest absolute Gasteiger partial charge is 0.496 e. The topological polar surface area (TPSA) is 71.2 Å². The minimum Gasteiger partial charge on any atom is -0.496 e. The maximum absolute atomic E-state index is 12.5. The molecule has 0 aliphatic rings. The van der Waals surface area contributed by atoms with Crippen molar-refractivity contribution in [3.05, 3.63) is 62.6 Å². The van der Waals surface area contributed by atoms with Crippen LogP contribution in [0.5, 0.6) is 5.75 Å². The maximum Gasteiger partial charge on any atom is 0.253 e. The zero-order valence-electron chi connectivity index (χ0n) is 13.9. The molecule has 5 heteroatoms. The monoisotopic (exact) mass is 314 g/mol. The number of aromatic nitrogens is 1. The van der Waals surface area contributed by atoms with Crippen molar-refractivity contribution in [2.45, 2.75) is 33.7 Å². The Morgan fingerprint density at radius 2 is 2.00 bits per heavy atom. The molecule has 23 heavy (non-hydrogen) atoms. The molecule has 2 N–H and O–H groups in total. The number of hydrogen-bond donors (Lipinski definition) is 2. The molecule has 5 nitrogen and oxygen atoms in total. The van der Waals surface area contributed by atoms with Crippen LogP contribution in [0, 0.1) is 13.8 Å². The van der Waals surface area contributed by atoms with E-state index in [0.29, 0.717) is 23.3 Å². The standard InChI is InChI=1S/C18H22N2O3/c1-5-13-14(7-6-8-16(13)23-4)17(21)19-10-15-11(2)9-12(3)20-18(15)22/h6-9H,5,10H2,1-4H3,(H,19,21)(H,20,22). The van der Waals surface area contributed by atoms with Gasteiger partial charge in [0.25, 0.3) is 11.5 Å². The molecule has 0 aliphatic carbocycles. The van der Waals surface area contributed by atoms with Gasteiger partial charge in [-0.3, -0.25) is 9.59 Å². The normalized spacial score (nSPS) is 10.4. The van der Waals surface area contributed by atoms with Crippen molar-refractivity contribution < 1.29 is 9.53 Å². The Balaban J connectivity index is 2.23. The van der Waals surface area contributed by atoms with E-state index in [0.717, 1.165) is 16.8 Å². The first-order valence-corrected chi connectivity index (χ1v) is 7.61. The van der Waals surface area contributed by atoms with Gasteiger partial charge in [-0.05, 0) is 44.0 Å².